The molecule has 5 atom stereocenters. The van der Waals surface area contributed by atoms with Gasteiger partial charge in [-0.2, -0.15) is 0 Å². The van der Waals surface area contributed by atoms with Crippen LogP contribution in [-0.2, 0) is 16.1 Å². The number of nitrogens with one attached hydrogen (secondary N) is 1. The van der Waals surface area contributed by atoms with Crippen LogP contribution in [0.25, 0.3) is 21.7 Å². The number of piperidine rings is 2. The fourth-order valence-electron chi connectivity index (χ4n) is 12.1. The first-order valence-electron chi connectivity index (χ1n) is 25.9. The van der Waals surface area contributed by atoms with Crippen molar-refractivity contribution in [2.45, 2.75) is 114 Å². The third kappa shape index (κ3) is 9.93. The number of fused-ring (bicyclic) bond motifs is 2. The van der Waals surface area contributed by atoms with E-state index in [2.05, 4.69) is 57.6 Å². The highest BCUT2D eigenvalue weighted by Crippen LogP contribution is 2.40. The summed E-state index contributed by atoms with van der Waals surface area (Å²) in [7, 11) is 0. The Bertz CT molecular complexity index is 2880. The van der Waals surface area contributed by atoms with Gasteiger partial charge in [-0.15, -0.1) is 21.5 Å². The van der Waals surface area contributed by atoms with Gasteiger partial charge in [0.05, 0.1) is 33.6 Å². The van der Waals surface area contributed by atoms with Crippen LogP contribution in [-0.4, -0.2) is 138 Å². The van der Waals surface area contributed by atoms with Gasteiger partial charge in [0, 0.05) is 87.8 Å². The highest BCUT2D eigenvalue weighted by Gasteiger charge is 2.45. The molecule has 9 heterocycles. The molecule has 5 aliphatic rings. The zero-order valence-electron chi connectivity index (χ0n) is 41.8. The van der Waals surface area contributed by atoms with Crippen LogP contribution in [0.3, 0.4) is 0 Å². The molecule has 2 bridgehead atoms. The fourth-order valence-corrected chi connectivity index (χ4v) is 12.9. The van der Waals surface area contributed by atoms with Crippen LogP contribution >= 0.6 is 11.3 Å². The number of carbonyl (C=O) groups excluding carboxylic acids is 2. The fraction of sp³-hybridized carbons (Fsp3) is 0.481. The van der Waals surface area contributed by atoms with E-state index < -0.39 is 18.1 Å². The molecule has 11 rings (SSSR count). The van der Waals surface area contributed by atoms with E-state index in [-0.39, 0.29) is 48.5 Å². The maximum atomic E-state index is 14.3. The van der Waals surface area contributed by atoms with Gasteiger partial charge in [0.1, 0.15) is 17.7 Å². The number of carbonyl (C=O) groups is 2. The van der Waals surface area contributed by atoms with Crippen molar-refractivity contribution in [3.63, 3.8) is 0 Å². The monoisotopic (exact) mass is 1010 g/mol. The minimum atomic E-state index is -0.797. The van der Waals surface area contributed by atoms with Gasteiger partial charge in [0.2, 0.25) is 17.8 Å². The van der Waals surface area contributed by atoms with Crippen LogP contribution in [0.2, 0.25) is 0 Å². The summed E-state index contributed by atoms with van der Waals surface area (Å²) in [6.07, 6.45) is 9.73. The van der Waals surface area contributed by atoms with E-state index in [1.54, 1.807) is 23.5 Å². The molecule has 19 heteroatoms. The molecule has 0 spiro atoms. The number of para-hydroxylation sites is 1. The zero-order valence-corrected chi connectivity index (χ0v) is 42.6. The van der Waals surface area contributed by atoms with Gasteiger partial charge in [-0.1, -0.05) is 55.4 Å². The summed E-state index contributed by atoms with van der Waals surface area (Å²) in [4.78, 5) is 54.5. The first-order chi connectivity index (χ1) is 35.4. The van der Waals surface area contributed by atoms with Crippen molar-refractivity contribution in [2.24, 2.45) is 5.92 Å². The molecule has 0 radical (unpaired) electrons. The smallest absolute Gasteiger partial charge is 0.243 e. The standard InChI is InChI=1S/C54H65N13O5S/c1-32(2)49(53(71)66-30-41(68)22-45(66)52(70)56-25-34-8-10-36(11-9-34)50-33(3)59-31-73-50)47-24-48(62-72-47)64-20-16-38(17-21-64)63-18-14-35(15-19-63)37-26-57-54(58-27-37)67-39-12-13-40(67)29-65(28-39)44-23-43(60-61-51(44)55)42-6-4-5-7-46(42)69/h4-11,23-24,26-27,31-32,35,38-41,45,49,68-69H,12-22,25,28-30H2,1-3H3,(H2,55,61)(H,56,70)/t39?,40?,41-,45+,49-/m1/s1. The van der Waals surface area contributed by atoms with Crippen molar-refractivity contribution >= 4 is 46.4 Å². The number of piperazine rings is 1. The molecule has 0 saturated carbocycles. The van der Waals surface area contributed by atoms with Crippen LogP contribution in [0, 0.1) is 12.8 Å². The van der Waals surface area contributed by atoms with Gasteiger partial charge in [-0.05, 0) is 105 Å². The normalized spacial score (nSPS) is 22.4. The number of nitrogens with zero attached hydrogens (tertiary/aromatic N) is 11. The number of aryl methyl sites for hydroxylation is 1. The van der Waals surface area contributed by atoms with E-state index in [9.17, 15) is 19.8 Å². The van der Waals surface area contributed by atoms with Crippen molar-refractivity contribution in [2.75, 3.05) is 66.2 Å². The van der Waals surface area contributed by atoms with Gasteiger partial charge >= 0.3 is 0 Å². The summed E-state index contributed by atoms with van der Waals surface area (Å²) in [5.74, 6) is 1.65. The first kappa shape index (κ1) is 48.6. The summed E-state index contributed by atoms with van der Waals surface area (Å²) in [5.41, 5.74) is 14.5. The number of anilines is 4. The molecule has 5 fully saturated rings. The number of aliphatic hydroxyl groups is 1. The number of nitrogen functional groups attached to an aromatic ring is 1. The Morgan fingerprint density at radius 2 is 1.59 bits per heavy atom. The molecule has 4 aromatic heterocycles. The van der Waals surface area contributed by atoms with E-state index in [0.29, 0.717) is 41.3 Å². The van der Waals surface area contributed by atoms with Crippen molar-refractivity contribution in [3.05, 3.63) is 101 Å². The van der Waals surface area contributed by atoms with E-state index in [4.69, 9.17) is 20.2 Å². The van der Waals surface area contributed by atoms with E-state index >= 15 is 0 Å². The second kappa shape index (κ2) is 20.7. The molecule has 382 valence electrons. The van der Waals surface area contributed by atoms with Crippen molar-refractivity contribution in [1.29, 1.82) is 0 Å². The molecule has 2 aromatic carbocycles. The lowest BCUT2D eigenvalue weighted by molar-refractivity contribution is -0.141. The second-order valence-electron chi connectivity index (χ2n) is 20.9. The summed E-state index contributed by atoms with van der Waals surface area (Å²) < 4.78 is 5.94. The Labute approximate surface area is 429 Å². The Kier molecular flexibility index (Phi) is 13.7. The lowest BCUT2D eigenvalue weighted by atomic mass is 9.89. The van der Waals surface area contributed by atoms with Crippen LogP contribution < -0.4 is 25.8 Å². The number of aromatic nitrogens is 6. The number of aliphatic hydroxyl groups excluding tert-OH is 1. The summed E-state index contributed by atoms with van der Waals surface area (Å²) in [6, 6.07) is 19.2. The molecule has 2 unspecified atom stereocenters. The lowest BCUT2D eigenvalue weighted by Gasteiger charge is -2.42. The predicted molar refractivity (Wildman–Crippen MR) is 280 cm³/mol. The quantitative estimate of drug-likeness (QED) is 0.0989. The number of likely N-dealkylation sites (tertiary alicyclic amines) is 2. The van der Waals surface area contributed by atoms with Crippen LogP contribution in [0.4, 0.5) is 23.3 Å². The Hall–Kier alpha value is -6.70. The van der Waals surface area contributed by atoms with Gasteiger partial charge in [-0.3, -0.25) is 9.59 Å². The molecule has 5 saturated heterocycles. The van der Waals surface area contributed by atoms with E-state index in [1.807, 2.05) is 74.8 Å². The average Bonchev–Trinajstić information content (AvgIpc) is 4.22. The second-order valence-corrected chi connectivity index (χ2v) is 21.8. The number of rotatable bonds is 13. The highest BCUT2D eigenvalue weighted by atomic mass is 32.1. The van der Waals surface area contributed by atoms with E-state index in [1.165, 1.54) is 10.5 Å². The number of hydrogen-bond donors (Lipinski definition) is 4. The number of aromatic hydroxyl groups is 1. The van der Waals surface area contributed by atoms with E-state index in [0.717, 1.165) is 117 Å². The molecule has 6 aromatic rings. The van der Waals surface area contributed by atoms with Gasteiger partial charge in [0.15, 0.2) is 17.4 Å². The number of benzene rings is 2. The zero-order chi connectivity index (χ0) is 50.3. The van der Waals surface area contributed by atoms with Crippen LogP contribution in [0.15, 0.2) is 83.1 Å². The molecule has 2 amide bonds. The van der Waals surface area contributed by atoms with Gasteiger partial charge < -0.3 is 50.3 Å². The highest BCUT2D eigenvalue weighted by molar-refractivity contribution is 7.13. The summed E-state index contributed by atoms with van der Waals surface area (Å²) >= 11 is 1.60. The molecular formula is C54H65N13O5S. The molecule has 18 nitrogen and oxygen atoms in total. The predicted octanol–water partition coefficient (Wildman–Crippen LogP) is 6.37. The molecule has 73 heavy (non-hydrogen) atoms. The molecule has 5 aliphatic heterocycles. The Morgan fingerprint density at radius 3 is 2.27 bits per heavy atom. The SMILES string of the molecule is Cc1ncsc1-c1ccc(CNC(=O)[C@@H]2C[C@@H](O)CN2C(=O)[C@@H](c2cc(N3CCC(N4CCC(c5cnc(N6C7CCC6CN(c6cc(-c8ccccc8O)nnc6N)C7)nc5)CC4)CC3)no2)C(C)C)cc1. The number of nitrogens with two attached hydrogens (primary N) is 1. The number of hydrogen-bond acceptors (Lipinski definition) is 17. The Morgan fingerprint density at radius 1 is 0.863 bits per heavy atom. The average molecular weight is 1010 g/mol. The van der Waals surface area contributed by atoms with Crippen LogP contribution in [0.5, 0.6) is 5.75 Å². The summed E-state index contributed by atoms with van der Waals surface area (Å²) in [5, 5.41) is 37.2. The largest absolute Gasteiger partial charge is 0.507 e. The van der Waals surface area contributed by atoms with Crippen molar-refractivity contribution in [3.8, 4) is 27.4 Å². The number of thiazole rings is 1. The number of phenols is 1. The third-order valence-electron chi connectivity index (χ3n) is 16.0. The third-order valence-corrected chi connectivity index (χ3v) is 17.0. The molecule has 5 N–H and O–H groups in total. The molecule has 0 aliphatic carbocycles. The van der Waals surface area contributed by atoms with Gasteiger partial charge in [0.25, 0.3) is 0 Å². The first-order valence-corrected chi connectivity index (χ1v) is 26.8. The summed E-state index contributed by atoms with van der Waals surface area (Å²) in [6.45, 7) is 11.6. The van der Waals surface area contributed by atoms with Gasteiger partial charge in [-0.25, -0.2) is 15.0 Å². The number of phenolic OH excluding ortho intramolecular Hbond substituents is 1. The minimum absolute atomic E-state index is 0.0868. The van der Waals surface area contributed by atoms with Crippen molar-refractivity contribution in [1.82, 2.24) is 45.4 Å². The Balaban J connectivity index is 0.651. The topological polar surface area (TPSA) is 219 Å². The number of β-amino-alcohol motifs (C(OH)–C–C–N with tert-alkyl or cyclic N) is 1. The molecular weight excluding hydrogens is 943 g/mol. The maximum absolute atomic E-state index is 14.3. The minimum Gasteiger partial charge on any atom is -0.507 e. The number of amides is 2. The van der Waals surface area contributed by atoms with Crippen molar-refractivity contribution < 1.29 is 24.3 Å². The lowest BCUT2D eigenvalue weighted by Crippen LogP contribution is -2.54. The van der Waals surface area contributed by atoms with Crippen LogP contribution in [0.1, 0.15) is 93.2 Å². The maximum Gasteiger partial charge on any atom is 0.243 e.